The summed E-state index contributed by atoms with van der Waals surface area (Å²) in [5.41, 5.74) is 2.43. The molecule has 0 saturated carbocycles. The summed E-state index contributed by atoms with van der Waals surface area (Å²) >= 11 is 0. The number of aromatic nitrogens is 2. The highest BCUT2D eigenvalue weighted by molar-refractivity contribution is 5.94. The molecule has 0 spiro atoms. The van der Waals surface area contributed by atoms with Gasteiger partial charge in [-0.05, 0) is 56.2 Å². The van der Waals surface area contributed by atoms with E-state index in [1.165, 1.54) is 13.2 Å². The number of fused-ring (bicyclic) bond motifs is 1. The number of carbonyl (C=O) groups is 1. The monoisotopic (exact) mass is 383 g/mol. The molecule has 0 unspecified atom stereocenters. The first-order chi connectivity index (χ1) is 13.5. The number of hydrogen-bond acceptors (Lipinski definition) is 5. The maximum atomic E-state index is 13.9. The molecule has 0 aliphatic carbocycles. The second-order valence-corrected chi connectivity index (χ2v) is 6.90. The van der Waals surface area contributed by atoms with Gasteiger partial charge in [-0.3, -0.25) is 0 Å². The molecule has 4 rings (SSSR count). The van der Waals surface area contributed by atoms with Gasteiger partial charge in [0.2, 0.25) is 0 Å². The lowest BCUT2D eigenvalue weighted by Gasteiger charge is -2.25. The van der Waals surface area contributed by atoms with E-state index in [1.807, 2.05) is 0 Å². The minimum atomic E-state index is -0.930. The number of benzene rings is 2. The molecule has 2 heterocycles. The van der Waals surface area contributed by atoms with Crippen LogP contribution in [0.25, 0.3) is 22.3 Å². The third kappa shape index (κ3) is 3.17. The zero-order chi connectivity index (χ0) is 19.8. The van der Waals surface area contributed by atoms with E-state index in [4.69, 9.17) is 9.72 Å². The van der Waals surface area contributed by atoms with Gasteiger partial charge in [0.15, 0.2) is 17.5 Å². The molecule has 1 aliphatic heterocycles. The van der Waals surface area contributed by atoms with E-state index < -0.39 is 17.6 Å². The molecule has 0 N–H and O–H groups in total. The van der Waals surface area contributed by atoms with Crippen molar-refractivity contribution < 1.29 is 18.3 Å². The number of halogens is 2. The predicted octanol–water partition coefficient (Wildman–Crippen LogP) is 4.35. The fourth-order valence-corrected chi connectivity index (χ4v) is 3.58. The summed E-state index contributed by atoms with van der Waals surface area (Å²) in [7, 11) is 1.32. The van der Waals surface area contributed by atoms with E-state index in [0.29, 0.717) is 33.7 Å². The Morgan fingerprint density at radius 2 is 1.93 bits per heavy atom. The minimum Gasteiger partial charge on any atom is -0.465 e. The van der Waals surface area contributed by atoms with E-state index in [2.05, 4.69) is 16.8 Å². The van der Waals surface area contributed by atoms with Crippen LogP contribution in [0.3, 0.4) is 0 Å². The van der Waals surface area contributed by atoms with Crippen LogP contribution in [0, 0.1) is 11.6 Å². The molecular formula is C21H19F2N3O2. The molecule has 1 fully saturated rings. The minimum absolute atomic E-state index is 0.250. The van der Waals surface area contributed by atoms with Crippen molar-refractivity contribution in [2.24, 2.45) is 0 Å². The Labute approximate surface area is 161 Å². The van der Waals surface area contributed by atoms with Crippen molar-refractivity contribution in [2.75, 3.05) is 18.6 Å². The molecule has 0 radical (unpaired) electrons. The first-order valence-electron chi connectivity index (χ1n) is 9.10. The van der Waals surface area contributed by atoms with Crippen molar-refractivity contribution in [3.05, 3.63) is 53.6 Å². The molecule has 7 heteroatoms. The average molecular weight is 383 g/mol. The van der Waals surface area contributed by atoms with E-state index in [-0.39, 0.29) is 6.04 Å². The van der Waals surface area contributed by atoms with Crippen molar-refractivity contribution in [1.82, 2.24) is 9.97 Å². The van der Waals surface area contributed by atoms with Gasteiger partial charge in [-0.2, -0.15) is 0 Å². The van der Waals surface area contributed by atoms with Gasteiger partial charge < -0.3 is 9.64 Å². The highest BCUT2D eigenvalue weighted by atomic mass is 19.2. The summed E-state index contributed by atoms with van der Waals surface area (Å²) < 4.78 is 32.1. The number of carbonyl (C=O) groups excluding carboxylic acids is 1. The van der Waals surface area contributed by atoms with Gasteiger partial charge >= 0.3 is 5.97 Å². The lowest BCUT2D eigenvalue weighted by molar-refractivity contribution is 0.0601. The zero-order valence-electron chi connectivity index (χ0n) is 15.6. The van der Waals surface area contributed by atoms with Crippen molar-refractivity contribution in [1.29, 1.82) is 0 Å². The maximum absolute atomic E-state index is 13.9. The summed E-state index contributed by atoms with van der Waals surface area (Å²) in [4.78, 5) is 23.4. The van der Waals surface area contributed by atoms with Crippen LogP contribution >= 0.6 is 0 Å². The topological polar surface area (TPSA) is 55.3 Å². The Kier molecular flexibility index (Phi) is 4.66. The highest BCUT2D eigenvalue weighted by Gasteiger charge is 2.26. The normalized spacial score (nSPS) is 16.6. The number of rotatable bonds is 3. The SMILES string of the molecule is COC(=O)c1ccc2nc(-c3ccc(F)c(F)c3)c(N3CCC[C@@H]3C)nc2c1. The second kappa shape index (κ2) is 7.14. The van der Waals surface area contributed by atoms with Gasteiger partial charge in [-0.1, -0.05) is 0 Å². The number of methoxy groups -OCH3 is 1. The van der Waals surface area contributed by atoms with E-state index in [0.717, 1.165) is 31.5 Å². The summed E-state index contributed by atoms with van der Waals surface area (Å²) in [6.45, 7) is 2.90. The molecule has 144 valence electrons. The largest absolute Gasteiger partial charge is 0.465 e. The molecule has 1 aliphatic rings. The Morgan fingerprint density at radius 1 is 1.11 bits per heavy atom. The van der Waals surface area contributed by atoms with Crippen molar-refractivity contribution in [3.63, 3.8) is 0 Å². The first kappa shape index (κ1) is 18.3. The van der Waals surface area contributed by atoms with Crippen LogP contribution in [-0.2, 0) is 4.74 Å². The standard InChI is InChI=1S/C21H19F2N3O2/c1-12-4-3-9-26(12)20-19(13-5-7-15(22)16(23)10-13)24-17-8-6-14(21(27)28-2)11-18(17)25-20/h5-8,10-12H,3-4,9H2,1-2H3/t12-/m0/s1. The molecule has 0 amide bonds. The van der Waals surface area contributed by atoms with Crippen LogP contribution in [0.15, 0.2) is 36.4 Å². The molecule has 1 atom stereocenters. The molecule has 28 heavy (non-hydrogen) atoms. The number of esters is 1. The van der Waals surface area contributed by atoms with Crippen LogP contribution in [0.1, 0.15) is 30.1 Å². The number of anilines is 1. The summed E-state index contributed by atoms with van der Waals surface area (Å²) in [5, 5.41) is 0. The molecule has 3 aromatic rings. The molecule has 5 nitrogen and oxygen atoms in total. The van der Waals surface area contributed by atoms with E-state index in [1.54, 1.807) is 18.2 Å². The summed E-state index contributed by atoms with van der Waals surface area (Å²) in [6.07, 6.45) is 2.03. The third-order valence-electron chi connectivity index (χ3n) is 5.08. The van der Waals surface area contributed by atoms with Crippen LogP contribution in [-0.4, -0.2) is 35.6 Å². The molecule has 2 aromatic carbocycles. The van der Waals surface area contributed by atoms with Gasteiger partial charge in [0.05, 0.1) is 23.7 Å². The fraction of sp³-hybridized carbons (Fsp3) is 0.286. The van der Waals surface area contributed by atoms with Gasteiger partial charge in [0.1, 0.15) is 5.69 Å². The fourth-order valence-electron chi connectivity index (χ4n) is 3.58. The van der Waals surface area contributed by atoms with Gasteiger partial charge in [0.25, 0.3) is 0 Å². The number of ether oxygens (including phenoxy) is 1. The lowest BCUT2D eigenvalue weighted by Crippen LogP contribution is -2.28. The van der Waals surface area contributed by atoms with Crippen molar-refractivity contribution >= 4 is 22.8 Å². The van der Waals surface area contributed by atoms with Crippen LogP contribution in [0.5, 0.6) is 0 Å². The maximum Gasteiger partial charge on any atom is 0.337 e. The average Bonchev–Trinajstić information content (AvgIpc) is 3.13. The third-order valence-corrected chi connectivity index (χ3v) is 5.08. The van der Waals surface area contributed by atoms with Crippen LogP contribution in [0.4, 0.5) is 14.6 Å². The van der Waals surface area contributed by atoms with Crippen LogP contribution in [0.2, 0.25) is 0 Å². The molecular weight excluding hydrogens is 364 g/mol. The first-order valence-corrected chi connectivity index (χ1v) is 9.10. The molecule has 1 saturated heterocycles. The van der Waals surface area contributed by atoms with Crippen molar-refractivity contribution in [3.8, 4) is 11.3 Å². The predicted molar refractivity (Wildman–Crippen MR) is 102 cm³/mol. The number of nitrogens with zero attached hydrogens (tertiary/aromatic N) is 3. The number of hydrogen-bond donors (Lipinski definition) is 0. The van der Waals surface area contributed by atoms with E-state index in [9.17, 15) is 13.6 Å². The summed E-state index contributed by atoms with van der Waals surface area (Å²) in [5.74, 6) is -1.69. The molecule has 0 bridgehead atoms. The molecule has 1 aromatic heterocycles. The zero-order valence-corrected chi connectivity index (χ0v) is 15.6. The Balaban J connectivity index is 1.93. The Hall–Kier alpha value is -3.09. The van der Waals surface area contributed by atoms with Gasteiger partial charge in [-0.25, -0.2) is 23.5 Å². The quantitative estimate of drug-likeness (QED) is 0.630. The summed E-state index contributed by atoms with van der Waals surface area (Å²) in [6, 6.07) is 8.89. The highest BCUT2D eigenvalue weighted by Crippen LogP contribution is 2.34. The van der Waals surface area contributed by atoms with Gasteiger partial charge in [-0.15, -0.1) is 0 Å². The Bertz CT molecular complexity index is 1070. The Morgan fingerprint density at radius 3 is 2.61 bits per heavy atom. The van der Waals surface area contributed by atoms with Crippen LogP contribution < -0.4 is 4.90 Å². The van der Waals surface area contributed by atoms with Gasteiger partial charge in [0, 0.05) is 18.2 Å². The smallest absolute Gasteiger partial charge is 0.337 e. The van der Waals surface area contributed by atoms with E-state index >= 15 is 0 Å². The van der Waals surface area contributed by atoms with Crippen molar-refractivity contribution in [2.45, 2.75) is 25.8 Å². The lowest BCUT2D eigenvalue weighted by atomic mass is 10.1. The second-order valence-electron chi connectivity index (χ2n) is 6.90.